The quantitative estimate of drug-likeness (QED) is 0.512. The molecule has 0 aromatic heterocycles. The summed E-state index contributed by atoms with van der Waals surface area (Å²) in [5.41, 5.74) is 2.00. The van der Waals surface area contributed by atoms with Crippen molar-refractivity contribution < 1.29 is 14.3 Å². The molecule has 5 atom stereocenters. The van der Waals surface area contributed by atoms with E-state index >= 15 is 0 Å². The molecule has 0 aliphatic heterocycles. The number of rotatable bonds is 8. The van der Waals surface area contributed by atoms with Crippen molar-refractivity contribution in [2.75, 3.05) is 19.0 Å². The van der Waals surface area contributed by atoms with E-state index in [0.29, 0.717) is 13.0 Å². The summed E-state index contributed by atoms with van der Waals surface area (Å²) in [6.07, 6.45) is 7.25. The highest BCUT2D eigenvalue weighted by Gasteiger charge is 2.69. The van der Waals surface area contributed by atoms with Crippen LogP contribution in [0.2, 0.25) is 0 Å². The molecule has 0 heterocycles. The van der Waals surface area contributed by atoms with Crippen molar-refractivity contribution in [3.05, 3.63) is 76.8 Å². The van der Waals surface area contributed by atoms with Crippen molar-refractivity contribution >= 4 is 33.4 Å². The molecule has 0 saturated heterocycles. The Morgan fingerprint density at radius 3 is 2.24 bits per heavy atom. The van der Waals surface area contributed by atoms with Gasteiger partial charge in [0.25, 0.3) is 0 Å². The average Bonchev–Trinajstić information content (AvgIpc) is 3.48. The van der Waals surface area contributed by atoms with Crippen molar-refractivity contribution in [1.82, 2.24) is 5.32 Å². The molecule has 33 heavy (non-hydrogen) atoms. The number of anilines is 1. The molecule has 2 fully saturated rings. The number of carbonyl (C=O) groups excluding carboxylic acids is 2. The predicted molar refractivity (Wildman–Crippen MR) is 131 cm³/mol. The number of nitrogens with one attached hydrogen (secondary N) is 2. The molecule has 2 aromatic rings. The molecule has 5 rings (SSSR count). The Labute approximate surface area is 203 Å². The maximum absolute atomic E-state index is 13.7. The highest BCUT2D eigenvalue weighted by atomic mass is 79.9. The minimum atomic E-state index is -0.355. The van der Waals surface area contributed by atoms with Crippen molar-refractivity contribution in [2.24, 2.45) is 29.1 Å². The third-order valence-electron chi connectivity index (χ3n) is 7.60. The van der Waals surface area contributed by atoms with E-state index in [-0.39, 0.29) is 46.9 Å². The van der Waals surface area contributed by atoms with Gasteiger partial charge >= 0.3 is 0 Å². The van der Waals surface area contributed by atoms with Crippen LogP contribution in [-0.4, -0.2) is 31.6 Å². The van der Waals surface area contributed by atoms with Crippen LogP contribution in [-0.2, 0) is 20.7 Å². The van der Waals surface area contributed by atoms with Gasteiger partial charge in [0.15, 0.2) is 0 Å². The van der Waals surface area contributed by atoms with E-state index < -0.39 is 0 Å². The van der Waals surface area contributed by atoms with Gasteiger partial charge in [0, 0.05) is 17.3 Å². The number of ether oxygens (including phenoxy) is 1. The molecule has 2 amide bonds. The first-order valence-electron chi connectivity index (χ1n) is 11.6. The van der Waals surface area contributed by atoms with Crippen molar-refractivity contribution in [3.63, 3.8) is 0 Å². The van der Waals surface area contributed by atoms with Gasteiger partial charge in [0.1, 0.15) is 0 Å². The van der Waals surface area contributed by atoms with Gasteiger partial charge < -0.3 is 15.4 Å². The highest BCUT2D eigenvalue weighted by Crippen LogP contribution is 2.72. The summed E-state index contributed by atoms with van der Waals surface area (Å²) < 4.78 is 6.36. The van der Waals surface area contributed by atoms with Gasteiger partial charge in [-0.3, -0.25) is 9.59 Å². The summed E-state index contributed by atoms with van der Waals surface area (Å²) in [5.74, 6) is -0.551. The van der Waals surface area contributed by atoms with Crippen LogP contribution in [0.4, 0.5) is 5.69 Å². The van der Waals surface area contributed by atoms with Crippen molar-refractivity contribution in [2.45, 2.75) is 25.3 Å². The lowest BCUT2D eigenvalue weighted by Gasteiger charge is -2.28. The fraction of sp³-hybridized carbons (Fsp3) is 0.407. The van der Waals surface area contributed by atoms with E-state index in [0.717, 1.165) is 28.6 Å². The second kappa shape index (κ2) is 9.07. The SMILES string of the molecule is COC[C@H](Cc1ccccc1)NC(=O)[C@H]1[C@H](C(=O)Nc2ccc(Br)cc2)[C@@H]2C=C[C@H]1C21CC1. The van der Waals surface area contributed by atoms with Crippen LogP contribution in [0, 0.1) is 29.1 Å². The average molecular weight is 509 g/mol. The summed E-state index contributed by atoms with van der Waals surface area (Å²) in [6, 6.07) is 17.5. The molecule has 6 heteroatoms. The Hall–Kier alpha value is -2.44. The summed E-state index contributed by atoms with van der Waals surface area (Å²) in [7, 11) is 1.65. The Bertz CT molecular complexity index is 1050. The number of allylic oxidation sites excluding steroid dienone is 2. The van der Waals surface area contributed by atoms with Gasteiger partial charge in [-0.05, 0) is 66.3 Å². The normalized spacial score (nSPS) is 26.8. The summed E-state index contributed by atoms with van der Waals surface area (Å²) in [6.45, 7) is 0.429. The predicted octanol–water partition coefficient (Wildman–Crippen LogP) is 4.59. The Morgan fingerprint density at radius 2 is 1.64 bits per heavy atom. The molecule has 0 unspecified atom stereocenters. The molecule has 5 nitrogen and oxygen atoms in total. The highest BCUT2D eigenvalue weighted by molar-refractivity contribution is 9.10. The van der Waals surface area contributed by atoms with Gasteiger partial charge in [0.2, 0.25) is 11.8 Å². The number of benzene rings is 2. The topological polar surface area (TPSA) is 67.4 Å². The molecule has 2 saturated carbocycles. The van der Waals surface area contributed by atoms with E-state index in [4.69, 9.17) is 4.74 Å². The minimum Gasteiger partial charge on any atom is -0.383 e. The van der Waals surface area contributed by atoms with E-state index in [2.05, 4.69) is 50.8 Å². The lowest BCUT2D eigenvalue weighted by molar-refractivity contribution is -0.133. The second-order valence-electron chi connectivity index (χ2n) is 9.57. The Kier molecular flexibility index (Phi) is 6.14. The molecule has 2 aromatic carbocycles. The summed E-state index contributed by atoms with van der Waals surface area (Å²) >= 11 is 3.43. The van der Waals surface area contributed by atoms with Crippen molar-refractivity contribution in [3.8, 4) is 0 Å². The molecule has 3 aliphatic carbocycles. The molecule has 172 valence electrons. The van der Waals surface area contributed by atoms with E-state index in [1.165, 1.54) is 0 Å². The lowest BCUT2D eigenvalue weighted by Crippen LogP contribution is -2.47. The number of methoxy groups -OCH3 is 1. The first kappa shape index (κ1) is 22.4. The number of amides is 2. The molecule has 0 radical (unpaired) electrons. The zero-order valence-electron chi connectivity index (χ0n) is 18.7. The van der Waals surface area contributed by atoms with Crippen LogP contribution in [0.1, 0.15) is 18.4 Å². The van der Waals surface area contributed by atoms with E-state index in [1.54, 1.807) is 7.11 Å². The lowest BCUT2D eigenvalue weighted by atomic mass is 9.81. The number of halogens is 1. The smallest absolute Gasteiger partial charge is 0.228 e. The first-order valence-corrected chi connectivity index (χ1v) is 12.4. The van der Waals surface area contributed by atoms with Crippen LogP contribution in [0.25, 0.3) is 0 Å². The van der Waals surface area contributed by atoms with Crippen LogP contribution in [0.5, 0.6) is 0 Å². The van der Waals surface area contributed by atoms with Crippen LogP contribution in [0.3, 0.4) is 0 Å². The maximum Gasteiger partial charge on any atom is 0.228 e. The van der Waals surface area contributed by atoms with Gasteiger partial charge in [-0.25, -0.2) is 0 Å². The standard InChI is InChI=1S/C27H29BrN2O3/c1-33-16-20(15-17-5-3-2-4-6-17)30-26(32)24-22-12-11-21(27(22)13-14-27)23(24)25(31)29-19-9-7-18(28)8-10-19/h2-12,20-24H,13-16H2,1H3,(H,29,31)(H,30,32)/t20-,21-,22+,23+,24+/m0/s1. The fourth-order valence-corrected chi connectivity index (χ4v) is 6.28. The first-order chi connectivity index (χ1) is 16.0. The summed E-state index contributed by atoms with van der Waals surface area (Å²) in [4.78, 5) is 27.1. The molecular formula is C27H29BrN2O3. The van der Waals surface area contributed by atoms with Gasteiger partial charge in [0.05, 0.1) is 24.5 Å². The molecular weight excluding hydrogens is 480 g/mol. The number of hydrogen-bond acceptors (Lipinski definition) is 3. The fourth-order valence-electron chi connectivity index (χ4n) is 6.02. The van der Waals surface area contributed by atoms with Gasteiger partial charge in [-0.15, -0.1) is 0 Å². The van der Waals surface area contributed by atoms with Gasteiger partial charge in [-0.1, -0.05) is 58.4 Å². The van der Waals surface area contributed by atoms with Gasteiger partial charge in [-0.2, -0.15) is 0 Å². The van der Waals surface area contributed by atoms with Crippen LogP contribution >= 0.6 is 15.9 Å². The third-order valence-corrected chi connectivity index (χ3v) is 8.13. The maximum atomic E-state index is 13.7. The van der Waals surface area contributed by atoms with Crippen LogP contribution in [0.15, 0.2) is 71.2 Å². The zero-order valence-corrected chi connectivity index (χ0v) is 20.3. The molecule has 2 N–H and O–H groups in total. The van der Waals surface area contributed by atoms with E-state index in [1.807, 2.05) is 42.5 Å². The molecule has 3 aliphatic rings. The minimum absolute atomic E-state index is 0.0351. The molecule has 2 bridgehead atoms. The monoisotopic (exact) mass is 508 g/mol. The zero-order chi connectivity index (χ0) is 23.0. The number of hydrogen-bond donors (Lipinski definition) is 2. The largest absolute Gasteiger partial charge is 0.383 e. The number of carbonyl (C=O) groups is 2. The van der Waals surface area contributed by atoms with Crippen LogP contribution < -0.4 is 10.6 Å². The summed E-state index contributed by atoms with van der Waals surface area (Å²) in [5, 5.41) is 6.30. The van der Waals surface area contributed by atoms with E-state index in [9.17, 15) is 9.59 Å². The third kappa shape index (κ3) is 4.26. The molecule has 1 spiro atoms. The Balaban J connectivity index is 1.35. The van der Waals surface area contributed by atoms with Crippen molar-refractivity contribution in [1.29, 1.82) is 0 Å². The Morgan fingerprint density at radius 1 is 1.00 bits per heavy atom. The second-order valence-corrected chi connectivity index (χ2v) is 10.5.